The number of benzene rings is 1. The summed E-state index contributed by atoms with van der Waals surface area (Å²) in [5.41, 5.74) is 2.82. The molecule has 34 heavy (non-hydrogen) atoms. The molecule has 8 nitrogen and oxygen atoms in total. The van der Waals surface area contributed by atoms with Crippen LogP contribution in [-0.2, 0) is 17.6 Å². The maximum Gasteiger partial charge on any atom is 0.226 e. The van der Waals surface area contributed by atoms with Gasteiger partial charge in [-0.2, -0.15) is 0 Å². The van der Waals surface area contributed by atoms with Crippen LogP contribution in [0.1, 0.15) is 23.3 Å². The molecule has 0 radical (unpaired) electrons. The average Bonchev–Trinajstić information content (AvgIpc) is 3.56. The van der Waals surface area contributed by atoms with E-state index in [0.717, 1.165) is 70.7 Å². The molecule has 0 spiro atoms. The van der Waals surface area contributed by atoms with Crippen LogP contribution in [0, 0.1) is 5.92 Å². The molecule has 1 saturated heterocycles. The molecule has 1 amide bonds. The van der Waals surface area contributed by atoms with Gasteiger partial charge in [0, 0.05) is 29.9 Å². The molecule has 1 fully saturated rings. The SMILES string of the molecule is CN(C)[C@H]1CCN(C(=O)[C@H]2CCc3c(sc4ncnc(Nc5cc6snnc6cc5Cl)c34)C2)C1. The van der Waals surface area contributed by atoms with Gasteiger partial charge in [0.2, 0.25) is 5.91 Å². The van der Waals surface area contributed by atoms with Crippen molar-refractivity contribution in [2.75, 3.05) is 32.5 Å². The van der Waals surface area contributed by atoms with E-state index in [1.807, 2.05) is 12.1 Å². The summed E-state index contributed by atoms with van der Waals surface area (Å²) in [6, 6.07) is 4.24. The number of likely N-dealkylation sites (N-methyl/N-ethyl adjacent to an activating group) is 1. The van der Waals surface area contributed by atoms with E-state index in [0.29, 0.717) is 17.0 Å². The van der Waals surface area contributed by atoms with Crippen molar-refractivity contribution < 1.29 is 4.79 Å². The van der Waals surface area contributed by atoms with Crippen molar-refractivity contribution in [2.45, 2.75) is 31.7 Å². The molecule has 2 aliphatic rings. The van der Waals surface area contributed by atoms with E-state index in [4.69, 9.17) is 11.6 Å². The number of nitrogens with zero attached hydrogens (tertiary/aromatic N) is 6. The van der Waals surface area contributed by atoms with Gasteiger partial charge in [-0.25, -0.2) is 9.97 Å². The largest absolute Gasteiger partial charge is 0.341 e. The first kappa shape index (κ1) is 22.1. The molecule has 11 heteroatoms. The summed E-state index contributed by atoms with van der Waals surface area (Å²) in [4.78, 5) is 28.8. The second kappa shape index (κ2) is 8.67. The maximum atomic E-state index is 13.3. The van der Waals surface area contributed by atoms with Gasteiger partial charge in [0.25, 0.3) is 0 Å². The van der Waals surface area contributed by atoms with Gasteiger partial charge >= 0.3 is 0 Å². The smallest absolute Gasteiger partial charge is 0.226 e. The van der Waals surface area contributed by atoms with Crippen LogP contribution in [0.25, 0.3) is 20.4 Å². The number of carbonyl (C=O) groups is 1. The Kier molecular flexibility index (Phi) is 5.63. The number of anilines is 2. The van der Waals surface area contributed by atoms with Crippen molar-refractivity contribution >= 4 is 72.3 Å². The van der Waals surface area contributed by atoms with E-state index in [-0.39, 0.29) is 5.92 Å². The first-order chi connectivity index (χ1) is 16.5. The number of carbonyl (C=O) groups excluding carboxylic acids is 1. The average molecular weight is 514 g/mol. The highest BCUT2D eigenvalue weighted by Gasteiger charge is 2.35. The van der Waals surface area contributed by atoms with E-state index < -0.39 is 0 Å². The van der Waals surface area contributed by atoms with Crippen molar-refractivity contribution in [2.24, 2.45) is 5.92 Å². The molecule has 0 bridgehead atoms. The maximum absolute atomic E-state index is 13.3. The molecule has 176 valence electrons. The van der Waals surface area contributed by atoms with Gasteiger partial charge in [-0.1, -0.05) is 16.1 Å². The second-order valence-electron chi connectivity index (χ2n) is 9.23. The summed E-state index contributed by atoms with van der Waals surface area (Å²) < 4.78 is 4.96. The van der Waals surface area contributed by atoms with Crippen molar-refractivity contribution in [1.29, 1.82) is 0 Å². The fourth-order valence-corrected chi connectivity index (χ4v) is 7.12. The second-order valence-corrected chi connectivity index (χ2v) is 11.5. The lowest BCUT2D eigenvalue weighted by atomic mass is 9.87. The lowest BCUT2D eigenvalue weighted by molar-refractivity contribution is -0.134. The number of amides is 1. The summed E-state index contributed by atoms with van der Waals surface area (Å²) in [5, 5.41) is 9.13. The lowest BCUT2D eigenvalue weighted by Gasteiger charge is -2.27. The Morgan fingerprint density at radius 1 is 1.26 bits per heavy atom. The Labute approximate surface area is 210 Å². The fourth-order valence-electron chi connectivity index (χ4n) is 5.06. The van der Waals surface area contributed by atoms with Crippen LogP contribution in [0.2, 0.25) is 5.02 Å². The van der Waals surface area contributed by atoms with Gasteiger partial charge < -0.3 is 15.1 Å². The Hall–Kier alpha value is -2.40. The minimum absolute atomic E-state index is 0.0431. The molecular weight excluding hydrogens is 490 g/mol. The van der Waals surface area contributed by atoms with Crippen LogP contribution >= 0.6 is 34.5 Å². The zero-order valence-electron chi connectivity index (χ0n) is 18.9. The Morgan fingerprint density at radius 2 is 2.15 bits per heavy atom. The van der Waals surface area contributed by atoms with Gasteiger partial charge in [0.1, 0.15) is 22.5 Å². The number of likely N-dealkylation sites (tertiary alicyclic amines) is 1. The summed E-state index contributed by atoms with van der Waals surface area (Å²) in [5.74, 6) is 1.09. The predicted molar refractivity (Wildman–Crippen MR) is 137 cm³/mol. The normalized spacial score (nSPS) is 20.4. The molecule has 1 aliphatic heterocycles. The number of nitrogens with one attached hydrogen (secondary N) is 1. The summed E-state index contributed by atoms with van der Waals surface area (Å²) in [6.45, 7) is 1.69. The van der Waals surface area contributed by atoms with Gasteiger partial charge in [-0.15, -0.1) is 16.4 Å². The molecule has 6 rings (SSSR count). The van der Waals surface area contributed by atoms with E-state index >= 15 is 0 Å². The van der Waals surface area contributed by atoms with Crippen molar-refractivity contribution in [3.63, 3.8) is 0 Å². The lowest BCUT2D eigenvalue weighted by Crippen LogP contribution is -2.39. The van der Waals surface area contributed by atoms with E-state index in [1.54, 1.807) is 17.7 Å². The highest BCUT2D eigenvalue weighted by atomic mass is 35.5. The first-order valence-electron chi connectivity index (χ1n) is 11.4. The molecule has 4 aromatic rings. The fraction of sp³-hybridized carbons (Fsp3) is 0.435. The molecule has 1 aromatic carbocycles. The molecular formula is C23H24ClN7OS2. The molecule has 0 saturated carbocycles. The van der Waals surface area contributed by atoms with E-state index in [2.05, 4.69) is 48.8 Å². The zero-order valence-corrected chi connectivity index (χ0v) is 21.3. The highest BCUT2D eigenvalue weighted by molar-refractivity contribution is 7.19. The Balaban J connectivity index is 1.27. The zero-order chi connectivity index (χ0) is 23.4. The number of rotatable bonds is 4. The summed E-state index contributed by atoms with van der Waals surface area (Å²) in [6.07, 6.45) is 5.12. The van der Waals surface area contributed by atoms with Crippen molar-refractivity contribution in [3.05, 3.63) is 33.9 Å². The number of thiophene rings is 1. The minimum atomic E-state index is 0.0431. The topological polar surface area (TPSA) is 87.1 Å². The van der Waals surface area contributed by atoms with E-state index in [1.165, 1.54) is 22.0 Å². The third kappa shape index (κ3) is 3.82. The van der Waals surface area contributed by atoms with Gasteiger partial charge in [-0.05, 0) is 69.0 Å². The number of aromatic nitrogens is 4. The number of fused-ring (bicyclic) bond motifs is 4. The molecule has 0 unspecified atom stereocenters. The summed E-state index contributed by atoms with van der Waals surface area (Å²) >= 11 is 9.53. The van der Waals surface area contributed by atoms with Crippen LogP contribution in [0.4, 0.5) is 11.5 Å². The van der Waals surface area contributed by atoms with Crippen LogP contribution in [0.5, 0.6) is 0 Å². The van der Waals surface area contributed by atoms with Gasteiger partial charge in [-0.3, -0.25) is 4.79 Å². The predicted octanol–water partition coefficient (Wildman–Crippen LogP) is 4.36. The van der Waals surface area contributed by atoms with Crippen LogP contribution in [0.3, 0.4) is 0 Å². The molecule has 1 N–H and O–H groups in total. The Bertz CT molecular complexity index is 1400. The standard InChI is InChI=1S/C23H24ClN7OS2/c1-30(2)13-5-6-31(10-13)23(32)12-3-4-14-18(7-12)33-22-20(14)21(25-11-26-22)27-16-9-19-17(8-15(16)24)28-29-34-19/h8-9,11-13H,3-7,10H2,1-2H3,(H,25,26,27)/t12-,13-/m0/s1. The van der Waals surface area contributed by atoms with Gasteiger partial charge in [0.05, 0.1) is 20.8 Å². The van der Waals surface area contributed by atoms with E-state index in [9.17, 15) is 4.79 Å². The minimum Gasteiger partial charge on any atom is -0.341 e. The quantitative estimate of drug-likeness (QED) is 0.433. The number of hydrogen-bond donors (Lipinski definition) is 1. The number of hydrogen-bond acceptors (Lipinski definition) is 9. The third-order valence-corrected chi connectivity index (χ3v) is 9.15. The first-order valence-corrected chi connectivity index (χ1v) is 13.3. The van der Waals surface area contributed by atoms with Crippen molar-refractivity contribution in [1.82, 2.24) is 29.4 Å². The highest BCUT2D eigenvalue weighted by Crippen LogP contribution is 2.42. The molecule has 2 atom stereocenters. The molecule has 4 heterocycles. The van der Waals surface area contributed by atoms with Crippen LogP contribution in [0.15, 0.2) is 18.5 Å². The number of halogens is 1. The van der Waals surface area contributed by atoms with Crippen molar-refractivity contribution in [3.8, 4) is 0 Å². The number of aryl methyl sites for hydroxylation is 1. The molecule has 3 aromatic heterocycles. The molecule has 1 aliphatic carbocycles. The van der Waals surface area contributed by atoms with Gasteiger partial charge in [0.15, 0.2) is 0 Å². The van der Waals surface area contributed by atoms with Crippen LogP contribution in [-0.4, -0.2) is 68.5 Å². The monoisotopic (exact) mass is 513 g/mol. The van der Waals surface area contributed by atoms with Crippen LogP contribution < -0.4 is 5.32 Å². The third-order valence-electron chi connectivity index (χ3n) is 6.99. The summed E-state index contributed by atoms with van der Waals surface area (Å²) in [7, 11) is 4.18. The Morgan fingerprint density at radius 3 is 2.97 bits per heavy atom.